The molecule has 2 saturated heterocycles. The van der Waals surface area contributed by atoms with Crippen LogP contribution >= 0.6 is 51.0 Å². The van der Waals surface area contributed by atoms with E-state index >= 15 is 0 Å². The van der Waals surface area contributed by atoms with Crippen LogP contribution in [0.4, 0.5) is 5.82 Å². The van der Waals surface area contributed by atoms with E-state index in [4.69, 9.17) is 36.1 Å². The standard InChI is InChI=1S/C28H37N7O4S.C21H23ClN6O4S.C7H15N.CH2O3.ClH.2K.2H2S.H/c1-17-14-28(3,4)34(15-17)26-21(27(36)32-40(37,38)22-16-33(5)30-18(22)2)10-11-23(29-26)35-13-12-24(31-35)39-25(19-6-7-19)20-8-9-20;1-12-16(11-27(2)24-12)33(30,31)26-21(29)15-7-8-17(23-20(15)22)28-10-9-18(25-28)32-19(13-3-4-13)14-5-6-14;1-6-4-7(2,3)8-5-6;2-1-4-3;;;;;;/h10-13,16-17,19-20,25H,6-9,14-15H2,1-5H3,(H,32,36);7-11,13-14,19H,3-6H2,1-2H3,(H,26,29);6,8H,4-5H2,1-3H3;1,3H;1H;;;2*1H2;/q;;;;;2*+1;;;-1/p-1/t17-;;6-;;;;;;;/m0.0......./s1. The van der Waals surface area contributed by atoms with Gasteiger partial charge in [0.2, 0.25) is 11.8 Å². The first kappa shape index (κ1) is 79.8. The van der Waals surface area contributed by atoms with Crippen molar-refractivity contribution in [1.29, 1.82) is 0 Å². The number of hydrogen-bond acceptors (Lipinski definition) is 19. The number of carbonyl (C=O) groups excluding carboxylic acids is 3. The van der Waals surface area contributed by atoms with Crippen LogP contribution in [0.15, 0.2) is 71.0 Å². The zero-order valence-corrected chi connectivity index (χ0v) is 64.4. The van der Waals surface area contributed by atoms with Crippen molar-refractivity contribution in [2.75, 3.05) is 18.0 Å². The molecule has 0 spiro atoms. The maximum Gasteiger partial charge on any atom is 1.00 e. The first-order valence-corrected chi connectivity index (χ1v) is 32.0. The second-order valence-electron chi connectivity index (χ2n) is 24.6. The zero-order valence-electron chi connectivity index (χ0n) is 54.0. The summed E-state index contributed by atoms with van der Waals surface area (Å²) < 4.78 is 73.9. The molecule has 2 amide bonds. The molecule has 25 nitrogen and oxygen atoms in total. The van der Waals surface area contributed by atoms with Crippen molar-refractivity contribution < 1.29 is 155 Å². The molecular formula is C57H82Cl2K2N14O11S4. The molecule has 3 N–H and O–H groups in total. The predicted octanol–water partition coefficient (Wildman–Crippen LogP) is 0.866. The van der Waals surface area contributed by atoms with Gasteiger partial charge in [-0.05, 0) is 172 Å². The van der Waals surface area contributed by atoms with Crippen molar-refractivity contribution in [1.82, 2.24) is 63.9 Å². The molecule has 6 fully saturated rings. The van der Waals surface area contributed by atoms with Gasteiger partial charge in [-0.25, -0.2) is 45.6 Å². The van der Waals surface area contributed by atoms with E-state index in [-0.39, 0.29) is 200 Å². The van der Waals surface area contributed by atoms with Crippen LogP contribution in [0.25, 0.3) is 11.6 Å². The second-order valence-corrected chi connectivity index (χ2v) is 28.3. The van der Waals surface area contributed by atoms with Crippen LogP contribution < -0.4 is 137 Å². The Kier molecular flexibility index (Phi) is 29.5. The Morgan fingerprint density at radius 3 is 1.42 bits per heavy atom. The number of sulfonamides is 2. The van der Waals surface area contributed by atoms with Crippen molar-refractivity contribution in [3.05, 3.63) is 88.9 Å². The molecule has 2 atom stereocenters. The average molecular weight is 1420 g/mol. The van der Waals surface area contributed by atoms with Gasteiger partial charge in [-0.2, -0.15) is 37.2 Å². The Morgan fingerprint density at radius 2 is 1.10 bits per heavy atom. The predicted molar refractivity (Wildman–Crippen MR) is 340 cm³/mol. The fourth-order valence-electron chi connectivity index (χ4n) is 11.4. The Morgan fingerprint density at radius 1 is 0.689 bits per heavy atom. The number of aryl methyl sites for hydroxylation is 4. The van der Waals surface area contributed by atoms with Crippen LogP contribution in [0.3, 0.4) is 0 Å². The molecule has 33 heteroatoms. The number of hydrogen-bond donors (Lipinski definition) is 3. The molecule has 0 unspecified atom stereocenters. The molecule has 6 aromatic rings. The summed E-state index contributed by atoms with van der Waals surface area (Å²) in [5.74, 6) is 4.57. The first-order chi connectivity index (χ1) is 40.1. The fraction of sp³-hybridized carbons (Fsp3) is 0.561. The van der Waals surface area contributed by atoms with Crippen molar-refractivity contribution in [3.63, 3.8) is 0 Å². The molecule has 0 bridgehead atoms. The molecule has 8 heterocycles. The van der Waals surface area contributed by atoms with Crippen molar-refractivity contribution in [2.24, 2.45) is 49.6 Å². The third kappa shape index (κ3) is 20.9. The van der Waals surface area contributed by atoms with E-state index in [0.29, 0.717) is 76.6 Å². The topological polar surface area (TPSA) is 307 Å². The zero-order chi connectivity index (χ0) is 61.3. The van der Waals surface area contributed by atoms with Crippen LogP contribution in [-0.4, -0.2) is 121 Å². The van der Waals surface area contributed by atoms with E-state index in [1.165, 1.54) is 96.8 Å². The maximum absolute atomic E-state index is 13.5. The molecule has 0 radical (unpaired) electrons. The van der Waals surface area contributed by atoms with Crippen molar-refractivity contribution >= 4 is 95.2 Å². The number of amides is 2. The van der Waals surface area contributed by atoms with Gasteiger partial charge in [0, 0.05) is 68.6 Å². The van der Waals surface area contributed by atoms with Crippen LogP contribution in [0.5, 0.6) is 11.8 Å². The molecule has 4 aliphatic carbocycles. The molecule has 12 rings (SSSR count). The number of nitrogens with one attached hydrogen (secondary N) is 3. The minimum absolute atomic E-state index is 0. The van der Waals surface area contributed by atoms with E-state index in [1.54, 1.807) is 63.1 Å². The number of carbonyl (C=O) groups is 3. The Hall–Kier alpha value is -2.68. The van der Waals surface area contributed by atoms with E-state index in [0.717, 1.165) is 12.3 Å². The summed E-state index contributed by atoms with van der Waals surface area (Å²) in [6.45, 7) is 18.0. The summed E-state index contributed by atoms with van der Waals surface area (Å²) in [7, 11) is -5.02. The van der Waals surface area contributed by atoms with Gasteiger partial charge >= 0.3 is 103 Å². The summed E-state index contributed by atoms with van der Waals surface area (Å²) in [5, 5.41) is 28.9. The number of anilines is 1. The number of nitrogens with zero attached hydrogens (tertiary/aromatic N) is 11. The van der Waals surface area contributed by atoms with E-state index in [2.05, 4.69) is 86.7 Å². The molecule has 0 aromatic carbocycles. The third-order valence-corrected chi connectivity index (χ3v) is 18.9. The first-order valence-electron chi connectivity index (χ1n) is 28.7. The Labute approximate surface area is 638 Å². The van der Waals surface area contributed by atoms with Crippen LogP contribution in [0.2, 0.25) is 5.15 Å². The van der Waals surface area contributed by atoms with Gasteiger partial charge in [0.05, 0.1) is 22.5 Å². The number of halogens is 2. The normalized spacial score (nSPS) is 18.6. The quantitative estimate of drug-likeness (QED) is 0.0353. The van der Waals surface area contributed by atoms with Gasteiger partial charge in [0.25, 0.3) is 38.3 Å². The second kappa shape index (κ2) is 33.3. The number of pyridine rings is 2. The van der Waals surface area contributed by atoms with Gasteiger partial charge < -0.3 is 31.3 Å². The molecule has 6 aliphatic rings. The molecule has 4 saturated carbocycles. The summed E-state index contributed by atoms with van der Waals surface area (Å²) in [4.78, 5) is 48.4. The summed E-state index contributed by atoms with van der Waals surface area (Å²) >= 11 is 6.22. The third-order valence-electron chi connectivity index (χ3n) is 15.8. The van der Waals surface area contributed by atoms with Crippen molar-refractivity contribution in [3.8, 4) is 23.4 Å². The minimum Gasteiger partial charge on any atom is -1.00 e. The number of rotatable bonds is 18. The smallest absolute Gasteiger partial charge is 1.00 e. The molecule has 90 heavy (non-hydrogen) atoms. The monoisotopic (exact) mass is 1410 g/mol. The van der Waals surface area contributed by atoms with Gasteiger partial charge in [-0.3, -0.25) is 23.7 Å². The summed E-state index contributed by atoms with van der Waals surface area (Å²) in [6, 6.07) is 9.88. The number of ether oxygens (including phenoxy) is 2. The molecular weight excluding hydrogens is 1330 g/mol. The van der Waals surface area contributed by atoms with Gasteiger partial charge in [0.15, 0.2) is 11.6 Å². The van der Waals surface area contributed by atoms with E-state index in [9.17, 15) is 26.4 Å². The molecule has 6 aromatic heterocycles. The summed E-state index contributed by atoms with van der Waals surface area (Å²) in [5.41, 5.74) is 0.838. The SMILES string of the molecule is C[C@@H]1CNC(C)(C)C1.Cc1nn(C)cc1S(=O)(=O)NC(=O)c1ccc(-n2ccc(OC(C3CC3)C3CC3)n2)nc1Cl.Cc1nn(C)cc1S(=O)(=O)NC(=O)c1ccc(-n2ccc(OC(C3CC3)C3CC3)n2)nc1N1C[C@@H](C)CC1(C)C.Cl.O=CO[O-].S.S.[H-].[K+].[K+]. The summed E-state index contributed by atoms with van der Waals surface area (Å²) in [6.07, 6.45) is 18.6. The largest absolute Gasteiger partial charge is 1.00 e. The Balaban J connectivity index is 0.000000384. The fourth-order valence-corrected chi connectivity index (χ4v) is 14.0. The number of aromatic nitrogens is 10. The maximum atomic E-state index is 13.5. The van der Waals surface area contributed by atoms with E-state index in [1.807, 2.05) is 17.0 Å². The Bertz CT molecular complexity index is 3630. The average Bonchev–Trinajstić information content (AvgIpc) is 1.84. The van der Waals surface area contributed by atoms with Crippen LogP contribution in [-0.2, 0) is 43.8 Å². The van der Waals surface area contributed by atoms with Crippen LogP contribution in [0.1, 0.15) is 139 Å². The van der Waals surface area contributed by atoms with E-state index < -0.39 is 31.9 Å². The van der Waals surface area contributed by atoms with Gasteiger partial charge in [-0.1, -0.05) is 25.4 Å². The molecule has 486 valence electrons. The van der Waals surface area contributed by atoms with Gasteiger partial charge in [0.1, 0.15) is 33.0 Å². The van der Waals surface area contributed by atoms with Crippen molar-refractivity contribution in [2.45, 2.75) is 153 Å². The minimum atomic E-state index is -4.14. The van der Waals surface area contributed by atoms with Gasteiger partial charge in [-0.15, -0.1) is 22.6 Å². The molecule has 2 aliphatic heterocycles. The van der Waals surface area contributed by atoms with Crippen LogP contribution in [0, 0.1) is 49.4 Å².